The lowest BCUT2D eigenvalue weighted by Gasteiger charge is -2.58. The summed E-state index contributed by atoms with van der Waals surface area (Å²) in [5.74, 6) is 7.97. The van der Waals surface area contributed by atoms with E-state index in [-0.39, 0.29) is 195 Å². The van der Waals surface area contributed by atoms with Crippen molar-refractivity contribution in [3.8, 4) is 0 Å². The van der Waals surface area contributed by atoms with Crippen molar-refractivity contribution in [2.45, 2.75) is 332 Å². The molecule has 21 aliphatic rings. The molecule has 656 valence electrons. The average molecular weight is 1650 g/mol. The number of ketones is 10. The fraction of sp³-hybridized carbons (Fsp3) is 0.870. The number of hydrogen-bond donors (Lipinski definition) is 0. The molecule has 0 aromatic heterocycles. The van der Waals surface area contributed by atoms with Crippen LogP contribution in [0.5, 0.6) is 0 Å². The lowest BCUT2D eigenvalue weighted by molar-refractivity contribution is -0.188. The molecule has 21 rings (SSSR count). The number of esters is 3. The molecule has 8 bridgehead atoms. The van der Waals surface area contributed by atoms with Gasteiger partial charge in [-0.25, -0.2) is 0 Å². The van der Waals surface area contributed by atoms with Gasteiger partial charge in [-0.05, 0) is 294 Å². The molecule has 25 unspecified atom stereocenters. The quantitative estimate of drug-likeness (QED) is 0.0474. The molecule has 0 aromatic rings. The molecule has 25 atom stereocenters. The summed E-state index contributed by atoms with van der Waals surface area (Å²) < 4.78 is 34.2. The highest BCUT2D eigenvalue weighted by molar-refractivity contribution is 5.96. The molecule has 1 aliphatic heterocycles. The maximum atomic E-state index is 14.0. The zero-order valence-electron chi connectivity index (χ0n) is 73.5. The van der Waals surface area contributed by atoms with Gasteiger partial charge in [-0.2, -0.15) is 0 Å². The number of fused-ring (bicyclic) bond motifs is 15. The first-order chi connectivity index (χ1) is 56.6. The van der Waals surface area contributed by atoms with E-state index in [0.717, 1.165) is 127 Å². The van der Waals surface area contributed by atoms with Crippen molar-refractivity contribution in [3.63, 3.8) is 0 Å². The van der Waals surface area contributed by atoms with E-state index in [1.165, 1.54) is 38.5 Å². The van der Waals surface area contributed by atoms with Crippen LogP contribution in [0, 0.1) is 186 Å². The van der Waals surface area contributed by atoms with Gasteiger partial charge in [-0.3, -0.25) is 62.3 Å². The molecule has 0 spiro atoms. The summed E-state index contributed by atoms with van der Waals surface area (Å²) in [6, 6.07) is 0. The molecule has 119 heavy (non-hydrogen) atoms. The fourth-order valence-corrected chi connectivity index (χ4v) is 33.8. The second-order valence-corrected chi connectivity index (χ2v) is 45.6. The first kappa shape index (κ1) is 86.1. The molecule has 0 amide bonds. The van der Waals surface area contributed by atoms with Gasteiger partial charge in [0.05, 0.1) is 19.3 Å². The summed E-state index contributed by atoms with van der Waals surface area (Å²) in [7, 11) is 0. The first-order valence-corrected chi connectivity index (χ1v) is 48.2. The molecule has 19 heteroatoms. The van der Waals surface area contributed by atoms with E-state index in [1.54, 1.807) is 0 Å². The van der Waals surface area contributed by atoms with Crippen molar-refractivity contribution < 1.29 is 90.8 Å². The smallest absolute Gasteiger partial charge is 0.308 e. The third kappa shape index (κ3) is 15.3. The molecule has 1 saturated heterocycles. The van der Waals surface area contributed by atoms with Crippen LogP contribution >= 0.6 is 0 Å². The summed E-state index contributed by atoms with van der Waals surface area (Å²) in [5.41, 5.74) is -1.49. The van der Waals surface area contributed by atoms with Crippen LogP contribution in [0.25, 0.3) is 0 Å². The van der Waals surface area contributed by atoms with Gasteiger partial charge in [0.2, 0.25) is 6.29 Å². The third-order valence-electron chi connectivity index (χ3n) is 40.0. The maximum Gasteiger partial charge on any atom is 0.308 e. The highest BCUT2D eigenvalue weighted by atomic mass is 16.7. The zero-order valence-corrected chi connectivity index (χ0v) is 73.5. The number of rotatable bonds is 20. The third-order valence-corrected chi connectivity index (χ3v) is 40.0. The minimum atomic E-state index is -0.530. The van der Waals surface area contributed by atoms with Crippen LogP contribution in [0.4, 0.5) is 0 Å². The van der Waals surface area contributed by atoms with Gasteiger partial charge >= 0.3 is 17.9 Å². The summed E-state index contributed by atoms with van der Waals surface area (Å²) in [4.78, 5) is 169. The van der Waals surface area contributed by atoms with E-state index in [9.17, 15) is 62.3 Å². The normalized spacial score (nSPS) is 46.9. The molecule has 0 aromatic carbocycles. The Hall–Kier alpha value is -5.01. The molecular weight excluding hydrogens is 1510 g/mol. The second-order valence-electron chi connectivity index (χ2n) is 45.6. The lowest BCUT2D eigenvalue weighted by Crippen LogP contribution is -2.60. The van der Waals surface area contributed by atoms with Crippen LogP contribution in [0.3, 0.4) is 0 Å². The summed E-state index contributed by atoms with van der Waals surface area (Å²) in [5, 5.41) is 0. The Balaban J connectivity index is 0.000000128. The van der Waals surface area contributed by atoms with Crippen LogP contribution in [0.15, 0.2) is 0 Å². The van der Waals surface area contributed by atoms with Gasteiger partial charge in [-0.1, -0.05) is 62.3 Å². The van der Waals surface area contributed by atoms with Crippen molar-refractivity contribution in [1.82, 2.24) is 0 Å². The van der Waals surface area contributed by atoms with E-state index in [2.05, 4.69) is 62.3 Å². The Morgan fingerprint density at radius 2 is 0.790 bits per heavy atom. The number of Topliss-reactive ketones (excluding diaryl/α,β-unsaturated/α-hetero) is 10. The maximum absolute atomic E-state index is 14.0. The van der Waals surface area contributed by atoms with Gasteiger partial charge in [0.25, 0.3) is 0 Å². The topological polar surface area (TPSA) is 277 Å². The van der Waals surface area contributed by atoms with Gasteiger partial charge in [-0.15, -0.1) is 0 Å². The largest absolute Gasteiger partial charge is 0.438 e. The molecular formula is C100H142O19. The van der Waals surface area contributed by atoms with E-state index in [0.29, 0.717) is 174 Å². The van der Waals surface area contributed by atoms with Gasteiger partial charge in [0.15, 0.2) is 13.6 Å². The molecule has 1 heterocycles. The summed E-state index contributed by atoms with van der Waals surface area (Å²) >= 11 is 0. The minimum absolute atomic E-state index is 0.0214. The Kier molecular flexibility index (Phi) is 23.9. The Morgan fingerprint density at radius 3 is 1.16 bits per heavy atom. The average Bonchev–Trinajstić information content (AvgIpc) is 1.66. The van der Waals surface area contributed by atoms with E-state index in [1.807, 2.05) is 0 Å². The second kappa shape index (κ2) is 33.1. The standard InChI is InChI=1S/C36H52O6.C35H48O7.C29H42O6/c1-21(4-7-32(40)42-20-41-19-36-16-22-10-23(17-36)12-24(11-22)18-36)27-5-6-28-33-29(15-31(39)35(27,28)3)34(2)9-8-26(37)13-25(34)14-30(33)38;1-18(4-7-30(39)41-17-42-33-21-10-19-11-22(33)13-20(12-21)32(19)40)25-5-6-26-31-27(16-29(38)35(25,26)3)34(2)9-8-24(36)14-23(34)15-28(31)37;1-17(7-10-25(33)35-26-6-4-5-13-34-26)20-8-9-21-27-22(16-24(32)29(20,21)3)28(2)12-11-19(30)14-18(28)15-23(27)31/h21-25,27-29,33H,4-20H2,1-3H3;18-23,25-27,31,33H,4-17H2,1-3H3;17-18,20-22,26-27H,4-16H2,1-3H3. The van der Waals surface area contributed by atoms with Crippen molar-refractivity contribution >= 4 is 75.7 Å². The highest BCUT2D eigenvalue weighted by Crippen LogP contribution is 2.71. The Bertz CT molecular complexity index is 3950. The van der Waals surface area contributed by atoms with Gasteiger partial charge < -0.3 is 28.4 Å². The highest BCUT2D eigenvalue weighted by Gasteiger charge is 2.71. The van der Waals surface area contributed by atoms with E-state index >= 15 is 0 Å². The van der Waals surface area contributed by atoms with Gasteiger partial charge in [0, 0.05) is 149 Å². The number of carbonyl (C=O) groups excluding carboxylic acids is 13. The van der Waals surface area contributed by atoms with Crippen LogP contribution < -0.4 is 0 Å². The molecule has 0 N–H and O–H groups in total. The van der Waals surface area contributed by atoms with Crippen molar-refractivity contribution in [2.24, 2.45) is 186 Å². The fourth-order valence-electron chi connectivity index (χ4n) is 33.8. The monoisotopic (exact) mass is 1650 g/mol. The summed E-state index contributed by atoms with van der Waals surface area (Å²) in [6.07, 6.45) is 31.4. The molecule has 19 nitrogen and oxygen atoms in total. The van der Waals surface area contributed by atoms with E-state index < -0.39 is 22.5 Å². The Labute approximate surface area is 707 Å². The number of hydrogen-bond acceptors (Lipinski definition) is 19. The minimum Gasteiger partial charge on any atom is -0.438 e. The van der Waals surface area contributed by atoms with Crippen molar-refractivity contribution in [1.29, 1.82) is 0 Å². The Morgan fingerprint density at radius 1 is 0.420 bits per heavy atom. The van der Waals surface area contributed by atoms with Crippen LogP contribution in [-0.4, -0.2) is 115 Å². The van der Waals surface area contributed by atoms with E-state index in [4.69, 9.17) is 28.4 Å². The van der Waals surface area contributed by atoms with Crippen molar-refractivity contribution in [2.75, 3.05) is 26.8 Å². The lowest BCUT2D eigenvalue weighted by atomic mass is 9.44. The number of ether oxygens (including phenoxy) is 6. The van der Waals surface area contributed by atoms with Gasteiger partial charge in [0.1, 0.15) is 57.8 Å². The van der Waals surface area contributed by atoms with Crippen LogP contribution in [0.2, 0.25) is 0 Å². The zero-order chi connectivity index (χ0) is 83.9. The predicted molar refractivity (Wildman–Crippen MR) is 439 cm³/mol. The molecule has 20 saturated carbocycles. The van der Waals surface area contributed by atoms with Crippen LogP contribution in [0.1, 0.15) is 319 Å². The SMILES string of the molecule is CC(CCC(=O)OC1CCCCO1)C1CCC2C3C(=O)CC4CC(=O)CCC4(C)C3CC(=O)C12C.CC(CCC(=O)OCOC1C2CC3CC1CC(C2)C3=O)C1CCC2C3C(=O)CC4CC(=O)CCC4(C)C3CC(=O)C12C.CC(CCC(=O)OCOCC12CC3CC(CC(C3)C1)C2)C1CCC2C3C(=O)CC4CC(=O)CCC4(C)C3CC(=O)C12C. The van der Waals surface area contributed by atoms with Crippen molar-refractivity contribution in [3.05, 3.63) is 0 Å². The predicted octanol–water partition coefficient (Wildman–Crippen LogP) is 17.3. The summed E-state index contributed by atoms with van der Waals surface area (Å²) in [6.45, 7) is 21.0. The van der Waals surface area contributed by atoms with Crippen LogP contribution in [-0.2, 0) is 90.8 Å². The molecule has 20 aliphatic carbocycles. The molecule has 0 radical (unpaired) electrons. The number of carbonyl (C=O) groups is 13. The molecule has 21 fully saturated rings. The first-order valence-electron chi connectivity index (χ1n) is 48.2.